The highest BCUT2D eigenvalue weighted by Crippen LogP contribution is 2.41. The number of carboxylic acids is 1. The van der Waals surface area contributed by atoms with Crippen LogP contribution in [0.25, 0.3) is 16.9 Å². The minimum Gasteiger partial charge on any atom is -0.490 e. The van der Waals surface area contributed by atoms with Crippen LogP contribution >= 0.6 is 11.6 Å². The molecule has 1 amide bonds. The number of amides is 1. The maximum absolute atomic E-state index is 15.5. The first-order chi connectivity index (χ1) is 20.3. The number of benzene rings is 2. The highest BCUT2D eigenvalue weighted by molar-refractivity contribution is 6.30. The van der Waals surface area contributed by atoms with Gasteiger partial charge in [-0.2, -0.15) is 5.10 Å². The molecule has 2 aromatic heterocycles. The molecule has 3 heterocycles. The van der Waals surface area contributed by atoms with E-state index in [1.807, 2.05) is 25.1 Å². The summed E-state index contributed by atoms with van der Waals surface area (Å²) in [6, 6.07) is 10.3. The third kappa shape index (κ3) is 6.35. The number of carboxylic acid groups (broad SMARTS) is 1. The summed E-state index contributed by atoms with van der Waals surface area (Å²) < 4.78 is 28.6. The Morgan fingerprint density at radius 2 is 2.00 bits per heavy atom. The summed E-state index contributed by atoms with van der Waals surface area (Å²) in [5, 5.41) is 18.4. The van der Waals surface area contributed by atoms with Gasteiger partial charge in [0, 0.05) is 40.0 Å². The number of carbonyl (C=O) groups excluding carboxylic acids is 1. The highest BCUT2D eigenvalue weighted by atomic mass is 35.5. The largest absolute Gasteiger partial charge is 0.490 e. The van der Waals surface area contributed by atoms with Crippen molar-refractivity contribution < 1.29 is 28.6 Å². The molecule has 0 aliphatic carbocycles. The lowest BCUT2D eigenvalue weighted by Crippen LogP contribution is -2.29. The van der Waals surface area contributed by atoms with E-state index in [1.54, 1.807) is 33.8 Å². The molecule has 0 bridgehead atoms. The highest BCUT2D eigenvalue weighted by Gasteiger charge is 2.35. The molecule has 0 saturated heterocycles. The van der Waals surface area contributed by atoms with Crippen LogP contribution in [0.3, 0.4) is 0 Å². The monoisotopic (exact) mass is 608 g/mol. The smallest absolute Gasteiger partial charge is 0.337 e. The number of hydrogen-bond acceptors (Lipinski definition) is 6. The Morgan fingerprint density at radius 3 is 2.70 bits per heavy atom. The molecule has 9 nitrogen and oxygen atoms in total. The maximum atomic E-state index is 15.5. The van der Waals surface area contributed by atoms with Crippen LogP contribution in [0, 0.1) is 19.7 Å². The molecule has 0 unspecified atom stereocenters. The van der Waals surface area contributed by atoms with E-state index in [4.69, 9.17) is 21.1 Å². The Balaban J connectivity index is 1.64. The molecule has 2 aromatic carbocycles. The second kappa shape index (κ2) is 11.9. The third-order valence-electron chi connectivity index (χ3n) is 7.30. The maximum Gasteiger partial charge on any atom is 0.337 e. The third-order valence-corrected chi connectivity index (χ3v) is 7.53. The number of aromatic nitrogens is 3. The summed E-state index contributed by atoms with van der Waals surface area (Å²) in [5.74, 6) is -2.01. The van der Waals surface area contributed by atoms with Gasteiger partial charge in [-0.15, -0.1) is 0 Å². The summed E-state index contributed by atoms with van der Waals surface area (Å²) in [5.41, 5.74) is 3.28. The Morgan fingerprint density at radius 1 is 1.23 bits per heavy atom. The van der Waals surface area contributed by atoms with Gasteiger partial charge in [0.15, 0.2) is 29.0 Å². The van der Waals surface area contributed by atoms with Crippen molar-refractivity contribution >= 4 is 29.1 Å². The molecule has 2 N–H and O–H groups in total. The van der Waals surface area contributed by atoms with E-state index in [0.29, 0.717) is 59.2 Å². The van der Waals surface area contributed by atoms with Gasteiger partial charge in [0.2, 0.25) is 0 Å². The lowest BCUT2D eigenvalue weighted by atomic mass is 9.91. The summed E-state index contributed by atoms with van der Waals surface area (Å²) in [6.07, 6.45) is 0.447. The van der Waals surface area contributed by atoms with E-state index in [2.05, 4.69) is 15.4 Å². The van der Waals surface area contributed by atoms with Crippen molar-refractivity contribution in [2.75, 3.05) is 13.2 Å². The Kier molecular flexibility index (Phi) is 8.45. The van der Waals surface area contributed by atoms with Crippen LogP contribution in [-0.4, -0.2) is 50.3 Å². The van der Waals surface area contributed by atoms with Gasteiger partial charge in [0.05, 0.1) is 17.9 Å². The molecule has 1 aliphatic rings. The number of rotatable bonds is 8. The van der Waals surface area contributed by atoms with Crippen molar-refractivity contribution in [1.29, 1.82) is 0 Å². The van der Waals surface area contributed by atoms with Crippen LogP contribution < -0.4 is 10.1 Å². The standard InChI is InChI=1S/C32H34ClFN4O5/c1-17-21-10-7-13-42-28(21)23(34)15-22(17)27-26(29(31(40)41)43-32(3,4)5)18(2)36-25-16-24(37-38(25)27)30(39)35-12-11-19-8-6-9-20(33)14-19/h6,8-9,14-16,29H,7,10-13H2,1-5H3,(H,35,39)(H,40,41)/t29-/m0/s1. The van der Waals surface area contributed by atoms with Crippen molar-refractivity contribution in [3.05, 3.63) is 80.9 Å². The molecular formula is C32H34ClFN4O5. The van der Waals surface area contributed by atoms with Crippen molar-refractivity contribution in [2.24, 2.45) is 0 Å². The van der Waals surface area contributed by atoms with E-state index < -0.39 is 29.4 Å². The van der Waals surface area contributed by atoms with Gasteiger partial charge < -0.3 is 19.9 Å². The molecule has 43 heavy (non-hydrogen) atoms. The van der Waals surface area contributed by atoms with E-state index in [0.717, 1.165) is 17.5 Å². The van der Waals surface area contributed by atoms with Crippen LogP contribution in [0.1, 0.15) is 71.7 Å². The minimum atomic E-state index is -1.44. The Labute approximate surface area is 254 Å². The van der Waals surface area contributed by atoms with Gasteiger partial charge in [-0.3, -0.25) is 4.79 Å². The molecule has 4 aromatic rings. The average molecular weight is 609 g/mol. The average Bonchev–Trinajstić information content (AvgIpc) is 3.36. The molecule has 11 heteroatoms. The first-order valence-corrected chi connectivity index (χ1v) is 14.5. The number of aliphatic carboxylic acids is 1. The molecule has 0 radical (unpaired) electrons. The molecule has 0 fully saturated rings. The molecule has 1 atom stereocenters. The fraction of sp³-hybridized carbons (Fsp3) is 0.375. The SMILES string of the molecule is Cc1nc2cc(C(=O)NCCc3cccc(Cl)c3)nn2c(-c2cc(F)c3c(c2C)CCCO3)c1[C@H](OC(C)(C)C)C(=O)O. The van der Waals surface area contributed by atoms with Crippen LogP contribution in [0.2, 0.25) is 5.02 Å². The van der Waals surface area contributed by atoms with Crippen LogP contribution in [0.4, 0.5) is 4.39 Å². The second-order valence-electron chi connectivity index (χ2n) is 11.6. The van der Waals surface area contributed by atoms with Crippen molar-refractivity contribution in [1.82, 2.24) is 19.9 Å². The van der Waals surface area contributed by atoms with Gasteiger partial charge in [0.1, 0.15) is 0 Å². The zero-order valence-corrected chi connectivity index (χ0v) is 25.5. The van der Waals surface area contributed by atoms with Crippen molar-refractivity contribution in [2.45, 2.75) is 65.6 Å². The number of carbonyl (C=O) groups is 2. The summed E-state index contributed by atoms with van der Waals surface area (Å²) >= 11 is 6.07. The lowest BCUT2D eigenvalue weighted by Gasteiger charge is -2.28. The van der Waals surface area contributed by atoms with Gasteiger partial charge in [0.25, 0.3) is 5.91 Å². The van der Waals surface area contributed by atoms with Crippen LogP contribution in [-0.2, 0) is 22.4 Å². The summed E-state index contributed by atoms with van der Waals surface area (Å²) in [4.78, 5) is 30.5. The number of halogens is 2. The normalized spacial score (nSPS) is 13.8. The summed E-state index contributed by atoms with van der Waals surface area (Å²) in [6.45, 7) is 9.54. The number of hydrogen-bond donors (Lipinski definition) is 2. The second-order valence-corrected chi connectivity index (χ2v) is 12.1. The van der Waals surface area contributed by atoms with E-state index in [9.17, 15) is 14.7 Å². The van der Waals surface area contributed by atoms with E-state index >= 15 is 4.39 Å². The molecule has 0 spiro atoms. The van der Waals surface area contributed by atoms with E-state index in [1.165, 1.54) is 16.6 Å². The first kappa shape index (κ1) is 30.4. The Hall–Kier alpha value is -4.02. The number of fused-ring (bicyclic) bond motifs is 2. The van der Waals surface area contributed by atoms with E-state index in [-0.39, 0.29) is 17.0 Å². The molecule has 5 rings (SSSR count). The van der Waals surface area contributed by atoms with Crippen LogP contribution in [0.5, 0.6) is 5.75 Å². The molecular weight excluding hydrogens is 575 g/mol. The van der Waals surface area contributed by atoms with Gasteiger partial charge >= 0.3 is 5.97 Å². The lowest BCUT2D eigenvalue weighted by molar-refractivity contribution is -0.160. The van der Waals surface area contributed by atoms with Crippen molar-refractivity contribution in [3.8, 4) is 17.0 Å². The number of ether oxygens (including phenoxy) is 2. The fourth-order valence-corrected chi connectivity index (χ4v) is 5.62. The van der Waals surface area contributed by atoms with Gasteiger partial charge in [-0.25, -0.2) is 18.7 Å². The fourth-order valence-electron chi connectivity index (χ4n) is 5.41. The van der Waals surface area contributed by atoms with Gasteiger partial charge in [-0.05, 0) is 83.2 Å². The first-order valence-electron chi connectivity index (χ1n) is 14.1. The minimum absolute atomic E-state index is 0.0828. The predicted molar refractivity (Wildman–Crippen MR) is 160 cm³/mol. The predicted octanol–water partition coefficient (Wildman–Crippen LogP) is 6.04. The Bertz CT molecular complexity index is 1730. The number of aryl methyl sites for hydroxylation is 1. The van der Waals surface area contributed by atoms with Crippen molar-refractivity contribution in [3.63, 3.8) is 0 Å². The zero-order valence-electron chi connectivity index (χ0n) is 24.8. The number of nitrogens with one attached hydrogen (secondary N) is 1. The quantitative estimate of drug-likeness (QED) is 0.250. The molecule has 226 valence electrons. The van der Waals surface area contributed by atoms with Crippen LogP contribution in [0.15, 0.2) is 36.4 Å². The summed E-state index contributed by atoms with van der Waals surface area (Å²) in [7, 11) is 0. The number of nitrogens with zero attached hydrogens (tertiary/aromatic N) is 3. The van der Waals surface area contributed by atoms with Gasteiger partial charge in [-0.1, -0.05) is 23.7 Å². The molecule has 0 saturated carbocycles. The topological polar surface area (TPSA) is 115 Å². The molecule has 1 aliphatic heterocycles. The zero-order chi connectivity index (χ0) is 31.1.